The molecule has 6 nitrogen and oxygen atoms in total. The quantitative estimate of drug-likeness (QED) is 0.258. The van der Waals surface area contributed by atoms with Crippen molar-refractivity contribution in [2.24, 2.45) is 5.73 Å². The topological polar surface area (TPSA) is 119 Å². The molecule has 0 aliphatic carbocycles. The van der Waals surface area contributed by atoms with Crippen LogP contribution >= 0.6 is 0 Å². The number of nitrogens with one attached hydrogen (secondary N) is 2. The molecule has 0 bridgehead atoms. The first-order chi connectivity index (χ1) is 10.9. The molecule has 23 heavy (non-hydrogen) atoms. The number of benzene rings is 2. The first-order valence-corrected chi connectivity index (χ1v) is 6.83. The van der Waals surface area contributed by atoms with Gasteiger partial charge in [0.25, 0.3) is 5.91 Å². The third-order valence-electron chi connectivity index (χ3n) is 3.21. The van der Waals surface area contributed by atoms with Gasteiger partial charge < -0.3 is 15.9 Å². The molecule has 1 amide bonds. The van der Waals surface area contributed by atoms with E-state index in [0.29, 0.717) is 5.57 Å². The van der Waals surface area contributed by atoms with Crippen LogP contribution < -0.4 is 11.1 Å². The Morgan fingerprint density at radius 3 is 2.26 bits per heavy atom. The summed E-state index contributed by atoms with van der Waals surface area (Å²) in [6.07, 6.45) is 1.68. The summed E-state index contributed by atoms with van der Waals surface area (Å²) in [6, 6.07) is 11.9. The highest BCUT2D eigenvalue weighted by molar-refractivity contribution is 6.06. The standard InChI is InChI=1S/C17H17N3O3/c1-10(16(23)20-17(18)19)8-11-2-4-12(5-3-11)13-6-7-14(21)15(22)9-13/h2-9,21-22H,1H3,(H4,18,19,20,23)/b10-8+. The van der Waals surface area contributed by atoms with Gasteiger partial charge in [0.05, 0.1) is 0 Å². The van der Waals surface area contributed by atoms with E-state index in [-0.39, 0.29) is 11.5 Å². The van der Waals surface area contributed by atoms with Crippen LogP contribution in [-0.2, 0) is 4.79 Å². The Morgan fingerprint density at radius 2 is 1.70 bits per heavy atom. The van der Waals surface area contributed by atoms with Crippen LogP contribution in [0, 0.1) is 5.41 Å². The van der Waals surface area contributed by atoms with Gasteiger partial charge in [0, 0.05) is 5.57 Å². The van der Waals surface area contributed by atoms with Gasteiger partial charge in [-0.05, 0) is 41.8 Å². The van der Waals surface area contributed by atoms with E-state index in [1.54, 1.807) is 19.1 Å². The van der Waals surface area contributed by atoms with Gasteiger partial charge in [0.15, 0.2) is 17.5 Å². The molecule has 0 unspecified atom stereocenters. The van der Waals surface area contributed by atoms with Crippen molar-refractivity contribution in [2.45, 2.75) is 6.92 Å². The molecule has 2 aromatic carbocycles. The Morgan fingerprint density at radius 1 is 1.09 bits per heavy atom. The number of carbonyl (C=O) groups excluding carboxylic acids is 1. The molecular weight excluding hydrogens is 294 g/mol. The van der Waals surface area contributed by atoms with Crippen molar-refractivity contribution >= 4 is 17.9 Å². The van der Waals surface area contributed by atoms with E-state index in [1.807, 2.05) is 24.3 Å². The molecule has 0 aliphatic heterocycles. The molecule has 6 heteroatoms. The molecule has 0 saturated heterocycles. The van der Waals surface area contributed by atoms with Crippen molar-refractivity contribution in [1.29, 1.82) is 5.41 Å². The Labute approximate surface area is 133 Å². The summed E-state index contributed by atoms with van der Waals surface area (Å²) >= 11 is 0. The SMILES string of the molecule is C/C(=C\c1ccc(-c2ccc(O)c(O)c2)cc1)C(=O)NC(=N)N. The number of hydrogen-bond acceptors (Lipinski definition) is 4. The number of rotatable bonds is 3. The summed E-state index contributed by atoms with van der Waals surface area (Å²) in [5.74, 6) is -1.17. The van der Waals surface area contributed by atoms with Crippen LogP contribution in [0.1, 0.15) is 12.5 Å². The fourth-order valence-electron chi connectivity index (χ4n) is 2.01. The van der Waals surface area contributed by atoms with Crippen molar-refractivity contribution in [3.05, 3.63) is 53.6 Å². The van der Waals surface area contributed by atoms with Gasteiger partial charge in [0.1, 0.15) is 0 Å². The second-order valence-corrected chi connectivity index (χ2v) is 5.02. The maximum absolute atomic E-state index is 11.7. The molecule has 0 fully saturated rings. The van der Waals surface area contributed by atoms with E-state index >= 15 is 0 Å². The number of nitrogens with two attached hydrogens (primary N) is 1. The summed E-state index contributed by atoms with van der Waals surface area (Å²) in [5.41, 5.74) is 7.99. The largest absolute Gasteiger partial charge is 0.504 e. The van der Waals surface area contributed by atoms with Crippen molar-refractivity contribution in [3.63, 3.8) is 0 Å². The van der Waals surface area contributed by atoms with Gasteiger partial charge in [0.2, 0.25) is 0 Å². The number of aromatic hydroxyl groups is 2. The lowest BCUT2D eigenvalue weighted by atomic mass is 10.0. The molecule has 6 N–H and O–H groups in total. The van der Waals surface area contributed by atoms with Crippen molar-refractivity contribution in [2.75, 3.05) is 0 Å². The smallest absolute Gasteiger partial charge is 0.253 e. The van der Waals surface area contributed by atoms with Crippen LogP contribution in [0.5, 0.6) is 11.5 Å². The second-order valence-electron chi connectivity index (χ2n) is 5.02. The molecule has 118 valence electrons. The predicted molar refractivity (Wildman–Crippen MR) is 88.9 cm³/mol. The van der Waals surface area contributed by atoms with E-state index in [1.165, 1.54) is 12.1 Å². The molecule has 2 aromatic rings. The first kappa shape index (κ1) is 16.1. The molecular formula is C17H17N3O3. The summed E-state index contributed by atoms with van der Waals surface area (Å²) in [7, 11) is 0. The number of guanidine groups is 1. The predicted octanol–water partition coefficient (Wildman–Crippen LogP) is 2.18. The maximum Gasteiger partial charge on any atom is 0.253 e. The summed E-state index contributed by atoms with van der Waals surface area (Å²) in [5, 5.41) is 28.1. The second kappa shape index (κ2) is 6.65. The molecule has 0 aliphatic rings. The Kier molecular flexibility index (Phi) is 4.66. The van der Waals surface area contributed by atoms with Crippen molar-refractivity contribution in [1.82, 2.24) is 5.32 Å². The van der Waals surface area contributed by atoms with Crippen LogP contribution in [0.2, 0.25) is 0 Å². The van der Waals surface area contributed by atoms with Crippen molar-refractivity contribution in [3.8, 4) is 22.6 Å². The normalized spacial score (nSPS) is 11.1. The minimum absolute atomic E-state index is 0.166. The minimum atomic E-state index is -0.426. The minimum Gasteiger partial charge on any atom is -0.504 e. The molecule has 2 rings (SSSR count). The first-order valence-electron chi connectivity index (χ1n) is 6.83. The number of hydrogen-bond donors (Lipinski definition) is 5. The molecule has 0 radical (unpaired) electrons. The van der Waals surface area contributed by atoms with Gasteiger partial charge in [-0.1, -0.05) is 30.3 Å². The van der Waals surface area contributed by atoms with Gasteiger partial charge in [-0.2, -0.15) is 0 Å². The number of carbonyl (C=O) groups is 1. The lowest BCUT2D eigenvalue weighted by Gasteiger charge is -2.05. The number of phenolic OH excluding ortho intramolecular Hbond substituents is 2. The van der Waals surface area contributed by atoms with Gasteiger partial charge in [-0.25, -0.2) is 0 Å². The Bertz CT molecular complexity index is 780. The van der Waals surface area contributed by atoms with Crippen LogP contribution in [0.25, 0.3) is 17.2 Å². The third kappa shape index (κ3) is 4.10. The van der Waals surface area contributed by atoms with Gasteiger partial charge >= 0.3 is 0 Å². The van der Waals surface area contributed by atoms with Gasteiger partial charge in [-0.15, -0.1) is 0 Å². The van der Waals surface area contributed by atoms with E-state index in [9.17, 15) is 15.0 Å². The van der Waals surface area contributed by atoms with E-state index in [4.69, 9.17) is 11.1 Å². The molecule has 0 saturated carbocycles. The zero-order chi connectivity index (χ0) is 17.0. The zero-order valence-electron chi connectivity index (χ0n) is 12.5. The Balaban J connectivity index is 2.20. The summed E-state index contributed by atoms with van der Waals surface area (Å²) < 4.78 is 0. The fourth-order valence-corrected chi connectivity index (χ4v) is 2.01. The third-order valence-corrected chi connectivity index (χ3v) is 3.21. The van der Waals surface area contributed by atoms with Crippen LogP contribution in [0.4, 0.5) is 0 Å². The van der Waals surface area contributed by atoms with E-state index < -0.39 is 11.9 Å². The maximum atomic E-state index is 11.7. The summed E-state index contributed by atoms with van der Waals surface area (Å²) in [4.78, 5) is 11.7. The average Bonchev–Trinajstić information content (AvgIpc) is 2.50. The molecule has 0 heterocycles. The van der Waals surface area contributed by atoms with Crippen LogP contribution in [-0.4, -0.2) is 22.1 Å². The zero-order valence-corrected chi connectivity index (χ0v) is 12.5. The monoisotopic (exact) mass is 311 g/mol. The van der Waals surface area contributed by atoms with E-state index in [0.717, 1.165) is 16.7 Å². The van der Waals surface area contributed by atoms with E-state index in [2.05, 4.69) is 5.32 Å². The molecule has 0 atom stereocenters. The lowest BCUT2D eigenvalue weighted by Crippen LogP contribution is -2.36. The fraction of sp³-hybridized carbons (Fsp3) is 0.0588. The highest BCUT2D eigenvalue weighted by Crippen LogP contribution is 2.30. The van der Waals surface area contributed by atoms with Gasteiger partial charge in [-0.3, -0.25) is 15.5 Å². The lowest BCUT2D eigenvalue weighted by molar-refractivity contribution is -0.116. The van der Waals surface area contributed by atoms with Crippen molar-refractivity contribution < 1.29 is 15.0 Å². The Hall–Kier alpha value is -3.28. The number of amides is 1. The number of phenols is 2. The van der Waals surface area contributed by atoms with Crippen LogP contribution in [0.3, 0.4) is 0 Å². The molecule has 0 aromatic heterocycles. The summed E-state index contributed by atoms with van der Waals surface area (Å²) in [6.45, 7) is 1.63. The molecule has 0 spiro atoms. The highest BCUT2D eigenvalue weighted by Gasteiger charge is 2.06. The van der Waals surface area contributed by atoms with Crippen LogP contribution in [0.15, 0.2) is 48.0 Å². The average molecular weight is 311 g/mol. The highest BCUT2D eigenvalue weighted by atomic mass is 16.3.